The van der Waals surface area contributed by atoms with Gasteiger partial charge in [-0.3, -0.25) is 9.59 Å². The van der Waals surface area contributed by atoms with Gasteiger partial charge in [-0.05, 0) is 61.4 Å². The van der Waals surface area contributed by atoms with E-state index in [-0.39, 0.29) is 24.2 Å². The molecule has 3 N–H and O–H groups in total. The smallest absolute Gasteiger partial charge is 0.230 e. The summed E-state index contributed by atoms with van der Waals surface area (Å²) in [5.41, 5.74) is 7.92. The second kappa shape index (κ2) is 10.7. The lowest BCUT2D eigenvalue weighted by molar-refractivity contribution is -0.122. The number of hydrogen-bond acceptors (Lipinski definition) is 6. The number of carbonyl (C=O) groups is 2. The molecule has 1 aliphatic rings. The van der Waals surface area contributed by atoms with Crippen LogP contribution in [0.15, 0.2) is 53.9 Å². The Hall–Kier alpha value is -3.10. The highest BCUT2D eigenvalue weighted by Gasteiger charge is 2.23. The molecule has 1 aromatic heterocycles. The summed E-state index contributed by atoms with van der Waals surface area (Å²) in [4.78, 5) is 30.5. The van der Waals surface area contributed by atoms with Crippen LogP contribution >= 0.6 is 22.9 Å². The molecule has 0 spiro atoms. The van der Waals surface area contributed by atoms with Crippen molar-refractivity contribution in [3.63, 3.8) is 0 Å². The molecule has 9 heteroatoms. The molecule has 172 valence electrons. The van der Waals surface area contributed by atoms with Crippen LogP contribution in [-0.4, -0.2) is 29.9 Å². The van der Waals surface area contributed by atoms with Gasteiger partial charge in [0.05, 0.1) is 12.1 Å². The lowest BCUT2D eigenvalue weighted by Crippen LogP contribution is -2.38. The zero-order valence-corrected chi connectivity index (χ0v) is 19.6. The largest absolute Gasteiger partial charge is 0.486 e. The van der Waals surface area contributed by atoms with Crippen LogP contribution in [0.3, 0.4) is 0 Å². The van der Waals surface area contributed by atoms with Gasteiger partial charge in [-0.25, -0.2) is 4.98 Å². The molecule has 2 amide bonds. The first kappa shape index (κ1) is 23.1. The van der Waals surface area contributed by atoms with Crippen molar-refractivity contribution in [2.45, 2.75) is 25.9 Å². The number of nitrogens with two attached hydrogens (primary N) is 1. The van der Waals surface area contributed by atoms with E-state index in [1.54, 1.807) is 24.3 Å². The molecule has 0 radical (unpaired) electrons. The van der Waals surface area contributed by atoms with Crippen molar-refractivity contribution in [1.82, 2.24) is 4.98 Å². The summed E-state index contributed by atoms with van der Waals surface area (Å²) in [6.45, 7) is 1.94. The van der Waals surface area contributed by atoms with Crippen molar-refractivity contribution in [3.05, 3.63) is 69.6 Å². The first-order valence-corrected chi connectivity index (χ1v) is 12.0. The summed E-state index contributed by atoms with van der Waals surface area (Å²) < 4.78 is 5.70. The van der Waals surface area contributed by atoms with Gasteiger partial charge in [0.25, 0.3) is 0 Å². The summed E-state index contributed by atoms with van der Waals surface area (Å²) in [7, 11) is 0. The van der Waals surface area contributed by atoms with E-state index in [0.717, 1.165) is 48.1 Å². The van der Waals surface area contributed by atoms with Crippen LogP contribution in [0, 0.1) is 5.92 Å². The number of nitrogens with zero attached hydrogens (tertiary/aromatic N) is 2. The molecule has 2 aromatic carbocycles. The van der Waals surface area contributed by atoms with E-state index in [4.69, 9.17) is 22.1 Å². The van der Waals surface area contributed by atoms with Gasteiger partial charge in [-0.2, -0.15) is 0 Å². The summed E-state index contributed by atoms with van der Waals surface area (Å²) in [6, 6.07) is 14.9. The van der Waals surface area contributed by atoms with Crippen LogP contribution in [0.4, 0.5) is 11.4 Å². The van der Waals surface area contributed by atoms with Crippen molar-refractivity contribution in [3.8, 4) is 5.75 Å². The SMILES string of the molecule is NC(=O)C1CCN(c2ccc(NC(=O)Cc3csc(COc4ccc(Cl)cc4)n3)cc2)CC1. The summed E-state index contributed by atoms with van der Waals surface area (Å²) in [5.74, 6) is 0.346. The monoisotopic (exact) mass is 484 g/mol. The Morgan fingerprint density at radius 3 is 2.48 bits per heavy atom. The zero-order chi connectivity index (χ0) is 23.2. The van der Waals surface area contributed by atoms with Gasteiger partial charge in [-0.15, -0.1) is 11.3 Å². The predicted octanol–water partition coefficient (Wildman–Crippen LogP) is 4.26. The summed E-state index contributed by atoms with van der Waals surface area (Å²) in [6.07, 6.45) is 1.74. The fourth-order valence-corrected chi connectivity index (χ4v) is 4.55. The van der Waals surface area contributed by atoms with Crippen molar-refractivity contribution in [1.29, 1.82) is 0 Å². The van der Waals surface area contributed by atoms with Crippen LogP contribution in [0.1, 0.15) is 23.5 Å². The molecule has 0 saturated carbocycles. The Balaban J connectivity index is 1.24. The number of ether oxygens (including phenoxy) is 1. The number of benzene rings is 2. The maximum atomic E-state index is 12.4. The molecular formula is C24H25ClN4O3S. The van der Waals surface area contributed by atoms with E-state index in [1.807, 2.05) is 29.6 Å². The molecule has 1 saturated heterocycles. The Morgan fingerprint density at radius 2 is 1.82 bits per heavy atom. The Kier molecular flexibility index (Phi) is 7.47. The van der Waals surface area contributed by atoms with Crippen LogP contribution in [0.5, 0.6) is 5.75 Å². The molecule has 1 fully saturated rings. The minimum absolute atomic E-state index is 0.0324. The average Bonchev–Trinajstić information content (AvgIpc) is 3.26. The minimum Gasteiger partial charge on any atom is -0.486 e. The van der Waals surface area contributed by atoms with E-state index >= 15 is 0 Å². The Morgan fingerprint density at radius 1 is 1.12 bits per heavy atom. The third kappa shape index (κ3) is 6.46. The first-order valence-electron chi connectivity index (χ1n) is 10.7. The maximum absolute atomic E-state index is 12.4. The normalized spacial score (nSPS) is 14.2. The van der Waals surface area contributed by atoms with Gasteiger partial charge in [0.1, 0.15) is 17.4 Å². The van der Waals surface area contributed by atoms with Crippen LogP contribution < -0.4 is 20.7 Å². The Labute approximate surface area is 201 Å². The van der Waals surface area contributed by atoms with E-state index in [2.05, 4.69) is 15.2 Å². The van der Waals surface area contributed by atoms with E-state index in [9.17, 15) is 9.59 Å². The lowest BCUT2D eigenvalue weighted by atomic mass is 9.96. The number of piperidine rings is 1. The highest BCUT2D eigenvalue weighted by molar-refractivity contribution is 7.09. The Bertz CT molecular complexity index is 1090. The van der Waals surface area contributed by atoms with Gasteiger partial charge in [0.15, 0.2) is 0 Å². The van der Waals surface area contributed by atoms with E-state index in [0.29, 0.717) is 17.3 Å². The molecule has 1 aliphatic heterocycles. The van der Waals surface area contributed by atoms with Crippen LogP contribution in [-0.2, 0) is 22.6 Å². The lowest BCUT2D eigenvalue weighted by Gasteiger charge is -2.32. The molecule has 4 rings (SSSR count). The van der Waals surface area contributed by atoms with Crippen molar-refractivity contribution >= 4 is 46.1 Å². The number of halogens is 1. The topological polar surface area (TPSA) is 97.6 Å². The van der Waals surface area contributed by atoms with Crippen molar-refractivity contribution in [2.75, 3.05) is 23.3 Å². The predicted molar refractivity (Wildman–Crippen MR) is 131 cm³/mol. The number of thiazole rings is 1. The van der Waals surface area contributed by atoms with Gasteiger partial charge < -0.3 is 20.7 Å². The second-order valence-electron chi connectivity index (χ2n) is 7.91. The van der Waals surface area contributed by atoms with Crippen LogP contribution in [0.2, 0.25) is 5.02 Å². The number of aromatic nitrogens is 1. The molecule has 7 nitrogen and oxygen atoms in total. The molecule has 0 unspecified atom stereocenters. The second-order valence-corrected chi connectivity index (χ2v) is 9.29. The maximum Gasteiger partial charge on any atom is 0.230 e. The van der Waals surface area contributed by atoms with E-state index < -0.39 is 0 Å². The minimum atomic E-state index is -0.214. The van der Waals surface area contributed by atoms with Crippen molar-refractivity contribution < 1.29 is 14.3 Å². The summed E-state index contributed by atoms with van der Waals surface area (Å²) in [5, 5.41) is 6.25. The molecule has 0 bridgehead atoms. The highest BCUT2D eigenvalue weighted by atomic mass is 35.5. The molecule has 0 atom stereocenters. The van der Waals surface area contributed by atoms with Crippen LogP contribution in [0.25, 0.3) is 0 Å². The van der Waals surface area contributed by atoms with Gasteiger partial charge in [0.2, 0.25) is 11.8 Å². The van der Waals surface area contributed by atoms with Gasteiger partial charge in [0, 0.05) is 40.8 Å². The molecule has 3 aromatic rings. The fourth-order valence-electron chi connectivity index (χ4n) is 3.72. The first-order chi connectivity index (χ1) is 16.0. The molecule has 33 heavy (non-hydrogen) atoms. The number of rotatable bonds is 8. The molecular weight excluding hydrogens is 460 g/mol. The number of anilines is 2. The van der Waals surface area contributed by atoms with E-state index in [1.165, 1.54) is 11.3 Å². The average molecular weight is 485 g/mol. The number of primary amides is 1. The third-order valence-electron chi connectivity index (χ3n) is 5.53. The third-order valence-corrected chi connectivity index (χ3v) is 6.65. The molecule has 2 heterocycles. The molecule has 0 aliphatic carbocycles. The standard InChI is InChI=1S/C24H25ClN4O3S/c25-17-1-7-21(8-2-17)32-14-23-28-19(15-33-23)13-22(30)27-18-3-5-20(6-4-18)29-11-9-16(10-12-29)24(26)31/h1-8,15-16H,9-14H2,(H2,26,31)(H,27,30). The number of amides is 2. The highest BCUT2D eigenvalue weighted by Crippen LogP contribution is 2.25. The fraction of sp³-hybridized carbons (Fsp3) is 0.292. The summed E-state index contributed by atoms with van der Waals surface area (Å²) >= 11 is 7.34. The number of hydrogen-bond donors (Lipinski definition) is 2. The zero-order valence-electron chi connectivity index (χ0n) is 18.0. The van der Waals surface area contributed by atoms with Crippen molar-refractivity contribution in [2.24, 2.45) is 11.7 Å². The van der Waals surface area contributed by atoms with Gasteiger partial charge in [-0.1, -0.05) is 11.6 Å². The number of carbonyl (C=O) groups excluding carboxylic acids is 2. The van der Waals surface area contributed by atoms with Gasteiger partial charge >= 0.3 is 0 Å². The quantitative estimate of drug-likeness (QED) is 0.498. The number of nitrogens with one attached hydrogen (secondary N) is 1.